The first-order valence-electron chi connectivity index (χ1n) is 5.82. The molecule has 0 radical (unpaired) electrons. The van der Waals surface area contributed by atoms with Crippen LogP contribution in [-0.4, -0.2) is 4.98 Å². The molecular weight excluding hydrogens is 346 g/mol. The Hall–Kier alpha value is -1.53. The highest BCUT2D eigenvalue weighted by Crippen LogP contribution is 2.31. The summed E-state index contributed by atoms with van der Waals surface area (Å²) in [5, 5.41) is 3.35. The molecule has 0 spiro atoms. The largest absolute Gasteiger partial charge is 0.329 e. The number of hydrogen-bond donors (Lipinski definition) is 1. The van der Waals surface area contributed by atoms with Gasteiger partial charge >= 0.3 is 0 Å². The molecule has 0 atom stereocenters. The fourth-order valence-corrected chi connectivity index (χ4v) is 3.11. The third-order valence-corrected chi connectivity index (χ3v) is 4.34. The van der Waals surface area contributed by atoms with Crippen LogP contribution in [-0.2, 0) is 0 Å². The topological polar surface area (TPSA) is 24.9 Å². The highest BCUT2D eigenvalue weighted by atomic mass is 79.9. The Balaban J connectivity index is 1.99. The smallest absolute Gasteiger partial charge is 0.188 e. The Morgan fingerprint density at radius 1 is 1.15 bits per heavy atom. The lowest BCUT2D eigenvalue weighted by Gasteiger charge is -2.05. The Morgan fingerprint density at radius 2 is 1.95 bits per heavy atom. The number of halogens is 3. The van der Waals surface area contributed by atoms with Gasteiger partial charge in [0.25, 0.3) is 0 Å². The van der Waals surface area contributed by atoms with E-state index in [2.05, 4.69) is 26.2 Å². The van der Waals surface area contributed by atoms with Gasteiger partial charge in [-0.2, -0.15) is 0 Å². The Labute approximate surface area is 126 Å². The lowest BCUT2D eigenvalue weighted by Crippen LogP contribution is -1.94. The number of hydrogen-bond acceptors (Lipinski definition) is 3. The van der Waals surface area contributed by atoms with Gasteiger partial charge in [-0.1, -0.05) is 17.4 Å². The summed E-state index contributed by atoms with van der Waals surface area (Å²) in [6.07, 6.45) is 0. The van der Waals surface area contributed by atoms with Crippen LogP contribution in [0.2, 0.25) is 0 Å². The third-order valence-electron chi connectivity index (χ3n) is 2.80. The molecule has 0 bridgehead atoms. The predicted molar refractivity (Wildman–Crippen MR) is 81.7 cm³/mol. The Morgan fingerprint density at radius 3 is 2.75 bits per heavy atom. The second-order valence-corrected chi connectivity index (χ2v) is 6.25. The summed E-state index contributed by atoms with van der Waals surface area (Å²) in [6, 6.07) is 8.08. The van der Waals surface area contributed by atoms with Gasteiger partial charge in [-0.25, -0.2) is 13.8 Å². The van der Waals surface area contributed by atoms with E-state index in [0.29, 0.717) is 5.13 Å². The summed E-state index contributed by atoms with van der Waals surface area (Å²) < 4.78 is 28.3. The third kappa shape index (κ3) is 2.53. The van der Waals surface area contributed by atoms with E-state index >= 15 is 0 Å². The van der Waals surface area contributed by atoms with Gasteiger partial charge in [0.15, 0.2) is 5.13 Å². The second-order valence-electron chi connectivity index (χ2n) is 4.36. The van der Waals surface area contributed by atoms with E-state index in [4.69, 9.17) is 0 Å². The van der Waals surface area contributed by atoms with E-state index in [9.17, 15) is 8.78 Å². The van der Waals surface area contributed by atoms with Crippen molar-refractivity contribution in [2.24, 2.45) is 0 Å². The fourth-order valence-electron chi connectivity index (χ4n) is 1.82. The van der Waals surface area contributed by atoms with Crippen molar-refractivity contribution in [2.75, 3.05) is 5.32 Å². The van der Waals surface area contributed by atoms with Crippen LogP contribution in [0.3, 0.4) is 0 Å². The molecule has 102 valence electrons. The van der Waals surface area contributed by atoms with Crippen LogP contribution in [0.25, 0.3) is 10.2 Å². The molecule has 0 amide bonds. The van der Waals surface area contributed by atoms with Gasteiger partial charge in [0.05, 0.1) is 20.4 Å². The highest BCUT2D eigenvalue weighted by Gasteiger charge is 2.11. The lowest BCUT2D eigenvalue weighted by molar-refractivity contribution is 0.598. The molecule has 2 nitrogen and oxygen atoms in total. The number of anilines is 2. The van der Waals surface area contributed by atoms with Crippen molar-refractivity contribution >= 4 is 48.3 Å². The van der Waals surface area contributed by atoms with Crippen molar-refractivity contribution in [3.63, 3.8) is 0 Å². The van der Waals surface area contributed by atoms with Gasteiger partial charge < -0.3 is 5.32 Å². The first-order valence-corrected chi connectivity index (χ1v) is 7.42. The molecule has 0 fully saturated rings. The summed E-state index contributed by atoms with van der Waals surface area (Å²) in [6.45, 7) is 2.00. The van der Waals surface area contributed by atoms with Crippen LogP contribution in [0.15, 0.2) is 34.8 Å². The average Bonchev–Trinajstić information content (AvgIpc) is 2.77. The first kappa shape index (κ1) is 13.5. The molecule has 0 aliphatic heterocycles. The molecule has 1 aromatic heterocycles. The van der Waals surface area contributed by atoms with E-state index < -0.39 is 11.6 Å². The standard InChI is InChI=1S/C14H9BrF2N2S/c1-7-2-3-11-13(4-7)20-14(18-11)19-12-6-9(16)8(15)5-10(12)17/h2-6H,1H3,(H,18,19). The van der Waals surface area contributed by atoms with Crippen LogP contribution in [0.4, 0.5) is 19.6 Å². The van der Waals surface area contributed by atoms with Crippen LogP contribution in [0.1, 0.15) is 5.56 Å². The quantitative estimate of drug-likeness (QED) is 0.624. The summed E-state index contributed by atoms with van der Waals surface area (Å²) >= 11 is 4.35. The summed E-state index contributed by atoms with van der Waals surface area (Å²) in [4.78, 5) is 4.35. The van der Waals surface area contributed by atoms with Gasteiger partial charge in [0, 0.05) is 6.07 Å². The van der Waals surface area contributed by atoms with Crippen LogP contribution in [0, 0.1) is 18.6 Å². The van der Waals surface area contributed by atoms with Crippen molar-refractivity contribution in [3.05, 3.63) is 52.0 Å². The van der Waals surface area contributed by atoms with Crippen LogP contribution < -0.4 is 5.32 Å². The van der Waals surface area contributed by atoms with Crippen molar-refractivity contribution in [1.82, 2.24) is 4.98 Å². The minimum atomic E-state index is -0.534. The zero-order valence-electron chi connectivity index (χ0n) is 10.4. The molecule has 3 aromatic rings. The van der Waals surface area contributed by atoms with Crippen molar-refractivity contribution < 1.29 is 8.78 Å². The minimum absolute atomic E-state index is 0.0708. The van der Waals surface area contributed by atoms with E-state index in [1.165, 1.54) is 11.3 Å². The van der Waals surface area contributed by atoms with Gasteiger partial charge in [-0.05, 0) is 46.6 Å². The number of aryl methyl sites for hydroxylation is 1. The maximum absolute atomic E-state index is 13.8. The van der Waals surface area contributed by atoms with Crippen molar-refractivity contribution in [3.8, 4) is 0 Å². The Bertz CT molecular complexity index is 801. The van der Waals surface area contributed by atoms with E-state index in [-0.39, 0.29) is 10.2 Å². The molecule has 3 rings (SSSR count). The molecule has 0 unspecified atom stereocenters. The summed E-state index contributed by atoms with van der Waals surface area (Å²) in [7, 11) is 0. The van der Waals surface area contributed by atoms with Crippen LogP contribution >= 0.6 is 27.3 Å². The summed E-state index contributed by atoms with van der Waals surface area (Å²) in [5.41, 5.74) is 2.04. The van der Waals surface area contributed by atoms with Crippen molar-refractivity contribution in [1.29, 1.82) is 0 Å². The van der Waals surface area contributed by atoms with E-state index in [0.717, 1.165) is 27.9 Å². The number of fused-ring (bicyclic) bond motifs is 1. The SMILES string of the molecule is Cc1ccc2nc(Nc3cc(F)c(Br)cc3F)sc2c1. The van der Waals surface area contributed by atoms with Crippen molar-refractivity contribution in [2.45, 2.75) is 6.92 Å². The zero-order chi connectivity index (χ0) is 14.3. The van der Waals surface area contributed by atoms with Gasteiger partial charge in [-0.15, -0.1) is 0 Å². The van der Waals surface area contributed by atoms with Gasteiger partial charge in [-0.3, -0.25) is 0 Å². The number of aromatic nitrogens is 1. The maximum Gasteiger partial charge on any atom is 0.188 e. The highest BCUT2D eigenvalue weighted by molar-refractivity contribution is 9.10. The van der Waals surface area contributed by atoms with E-state index in [1.54, 1.807) is 0 Å². The monoisotopic (exact) mass is 354 g/mol. The zero-order valence-corrected chi connectivity index (χ0v) is 12.8. The molecular formula is C14H9BrF2N2S. The fraction of sp³-hybridized carbons (Fsp3) is 0.0714. The average molecular weight is 355 g/mol. The maximum atomic E-state index is 13.8. The summed E-state index contributed by atoms with van der Waals surface area (Å²) in [5.74, 6) is -1.06. The Kier molecular flexibility index (Phi) is 3.43. The number of rotatable bonds is 2. The molecule has 2 aromatic carbocycles. The molecule has 1 heterocycles. The molecule has 20 heavy (non-hydrogen) atoms. The molecule has 0 saturated carbocycles. The normalized spacial score (nSPS) is 11.0. The molecule has 1 N–H and O–H groups in total. The number of nitrogens with zero attached hydrogens (tertiary/aromatic N) is 1. The minimum Gasteiger partial charge on any atom is -0.329 e. The second kappa shape index (κ2) is 5.10. The van der Waals surface area contributed by atoms with Gasteiger partial charge in [0.2, 0.25) is 0 Å². The predicted octanol–water partition coefficient (Wildman–Crippen LogP) is 5.39. The van der Waals surface area contributed by atoms with Crippen LogP contribution in [0.5, 0.6) is 0 Å². The molecule has 0 saturated heterocycles. The number of benzene rings is 2. The molecule has 6 heteroatoms. The molecule has 0 aliphatic carbocycles. The first-order chi connectivity index (χ1) is 9.52. The number of thiazole rings is 1. The van der Waals surface area contributed by atoms with Gasteiger partial charge in [0.1, 0.15) is 11.6 Å². The lowest BCUT2D eigenvalue weighted by atomic mass is 10.2. The molecule has 0 aliphatic rings. The number of nitrogens with one attached hydrogen (secondary N) is 1. The van der Waals surface area contributed by atoms with E-state index in [1.807, 2.05) is 25.1 Å².